The first kappa shape index (κ1) is 20.8. The molecule has 1 amide bonds. The maximum atomic E-state index is 12.1. The van der Waals surface area contributed by atoms with E-state index in [1.165, 1.54) is 7.11 Å². The van der Waals surface area contributed by atoms with E-state index in [4.69, 9.17) is 32.8 Å². The first-order valence-electron chi connectivity index (χ1n) is 8.14. The van der Waals surface area contributed by atoms with Crippen molar-refractivity contribution in [1.82, 2.24) is 5.32 Å². The first-order valence-corrected chi connectivity index (χ1v) is 8.89. The minimum absolute atomic E-state index is 0.188. The number of hydrogen-bond donors (Lipinski definition) is 1. The zero-order valence-electron chi connectivity index (χ0n) is 15.3. The zero-order chi connectivity index (χ0) is 19.8. The minimum atomic E-state index is -0.338. The van der Waals surface area contributed by atoms with Crippen molar-refractivity contribution in [1.29, 1.82) is 0 Å². The van der Waals surface area contributed by atoms with Crippen LogP contribution in [0.4, 0.5) is 0 Å². The number of ether oxygens (including phenoxy) is 1. The van der Waals surface area contributed by atoms with Crippen LogP contribution in [0.15, 0.2) is 52.1 Å². The number of oxime groups is 1. The Bertz CT molecular complexity index is 875. The van der Waals surface area contributed by atoms with E-state index >= 15 is 0 Å². The molecule has 0 unspecified atom stereocenters. The molecule has 7 heteroatoms. The SMILES string of the molecule is CNC(=O)C(=NOC)c1ccccc1COc1ccc(C=C(Cl)Cl)cc1C. The molecule has 2 rings (SSSR count). The lowest BCUT2D eigenvalue weighted by atomic mass is 10.0. The van der Waals surface area contributed by atoms with Gasteiger partial charge in [-0.1, -0.05) is 58.7 Å². The summed E-state index contributed by atoms with van der Waals surface area (Å²) in [6.45, 7) is 2.20. The monoisotopic (exact) mass is 406 g/mol. The molecule has 0 saturated heterocycles. The summed E-state index contributed by atoms with van der Waals surface area (Å²) in [6.07, 6.45) is 1.66. The van der Waals surface area contributed by atoms with Crippen LogP contribution in [0.2, 0.25) is 0 Å². The van der Waals surface area contributed by atoms with Gasteiger partial charge in [-0.3, -0.25) is 4.79 Å². The van der Waals surface area contributed by atoms with E-state index in [1.807, 2.05) is 43.3 Å². The summed E-state index contributed by atoms with van der Waals surface area (Å²) in [7, 11) is 2.94. The van der Waals surface area contributed by atoms with Gasteiger partial charge in [-0.2, -0.15) is 0 Å². The van der Waals surface area contributed by atoms with Gasteiger partial charge in [0, 0.05) is 12.6 Å². The lowest BCUT2D eigenvalue weighted by Gasteiger charge is -2.13. The number of benzene rings is 2. The molecule has 2 aromatic rings. The largest absolute Gasteiger partial charge is 0.489 e. The number of amides is 1. The summed E-state index contributed by atoms with van der Waals surface area (Å²) in [5.41, 5.74) is 3.46. The third kappa shape index (κ3) is 5.74. The molecule has 0 aliphatic rings. The fraction of sp³-hybridized carbons (Fsp3) is 0.200. The number of carbonyl (C=O) groups is 1. The number of carbonyl (C=O) groups excluding carboxylic acids is 1. The predicted octanol–water partition coefficient (Wildman–Crippen LogP) is 4.45. The highest BCUT2D eigenvalue weighted by molar-refractivity contribution is 6.57. The smallest absolute Gasteiger partial charge is 0.273 e. The van der Waals surface area contributed by atoms with Crippen molar-refractivity contribution in [2.24, 2.45) is 5.16 Å². The number of halogens is 2. The predicted molar refractivity (Wildman–Crippen MR) is 109 cm³/mol. The number of likely N-dealkylation sites (N-methyl/N-ethyl adjacent to an activating group) is 1. The van der Waals surface area contributed by atoms with Crippen LogP contribution in [0, 0.1) is 6.92 Å². The average Bonchev–Trinajstić information content (AvgIpc) is 2.65. The Kier molecular flexibility index (Phi) is 7.70. The van der Waals surface area contributed by atoms with Gasteiger partial charge in [0.2, 0.25) is 0 Å². The van der Waals surface area contributed by atoms with Gasteiger partial charge in [0.25, 0.3) is 5.91 Å². The van der Waals surface area contributed by atoms with E-state index in [0.29, 0.717) is 5.56 Å². The maximum Gasteiger partial charge on any atom is 0.273 e. The normalized spacial score (nSPS) is 10.9. The maximum absolute atomic E-state index is 12.1. The molecule has 0 spiro atoms. The van der Waals surface area contributed by atoms with E-state index in [-0.39, 0.29) is 22.7 Å². The standard InChI is InChI=1S/C20H20Cl2N2O3/c1-13-10-14(11-18(21)22)8-9-17(13)27-12-15-6-4-5-7-16(15)19(24-26-3)20(25)23-2/h4-11H,12H2,1-3H3,(H,23,25). The molecule has 142 valence electrons. The van der Waals surface area contributed by atoms with Crippen molar-refractivity contribution in [3.63, 3.8) is 0 Å². The lowest BCUT2D eigenvalue weighted by Crippen LogP contribution is -2.29. The van der Waals surface area contributed by atoms with E-state index in [1.54, 1.807) is 19.2 Å². The molecule has 27 heavy (non-hydrogen) atoms. The molecule has 0 aliphatic carbocycles. The summed E-state index contributed by atoms with van der Waals surface area (Å²) in [6, 6.07) is 13.0. The second-order valence-electron chi connectivity index (χ2n) is 5.61. The molecule has 0 saturated carbocycles. The van der Waals surface area contributed by atoms with Crippen LogP contribution in [0.5, 0.6) is 5.75 Å². The summed E-state index contributed by atoms with van der Waals surface area (Å²) in [5, 5.41) is 6.42. The van der Waals surface area contributed by atoms with Crippen LogP contribution in [-0.4, -0.2) is 25.8 Å². The Balaban J connectivity index is 2.26. The van der Waals surface area contributed by atoms with Gasteiger partial charge in [-0.15, -0.1) is 0 Å². The van der Waals surface area contributed by atoms with Gasteiger partial charge < -0.3 is 14.9 Å². The fourth-order valence-corrected chi connectivity index (χ4v) is 2.76. The molecular weight excluding hydrogens is 387 g/mol. The van der Waals surface area contributed by atoms with Crippen molar-refractivity contribution >= 4 is 40.9 Å². The van der Waals surface area contributed by atoms with Crippen molar-refractivity contribution in [3.05, 3.63) is 69.2 Å². The minimum Gasteiger partial charge on any atom is -0.489 e. The lowest BCUT2D eigenvalue weighted by molar-refractivity contribution is -0.114. The molecule has 0 fully saturated rings. The summed E-state index contributed by atoms with van der Waals surface area (Å²) in [4.78, 5) is 16.9. The van der Waals surface area contributed by atoms with Gasteiger partial charge in [0.15, 0.2) is 5.71 Å². The number of nitrogens with zero attached hydrogens (tertiary/aromatic N) is 1. The number of rotatable bonds is 7. The summed E-state index contributed by atoms with van der Waals surface area (Å²) >= 11 is 11.4. The Morgan fingerprint density at radius 2 is 1.96 bits per heavy atom. The van der Waals surface area contributed by atoms with E-state index < -0.39 is 0 Å². The highest BCUT2D eigenvalue weighted by Crippen LogP contribution is 2.24. The van der Waals surface area contributed by atoms with Crippen LogP contribution in [0.3, 0.4) is 0 Å². The Morgan fingerprint density at radius 3 is 2.59 bits per heavy atom. The second kappa shape index (κ2) is 10.00. The van der Waals surface area contributed by atoms with Crippen molar-refractivity contribution in [3.8, 4) is 5.75 Å². The van der Waals surface area contributed by atoms with Crippen LogP contribution in [-0.2, 0) is 16.2 Å². The molecule has 1 N–H and O–H groups in total. The average molecular weight is 407 g/mol. The highest BCUT2D eigenvalue weighted by atomic mass is 35.5. The molecule has 0 radical (unpaired) electrons. The fourth-order valence-electron chi connectivity index (χ4n) is 2.51. The third-order valence-corrected chi connectivity index (χ3v) is 3.97. The van der Waals surface area contributed by atoms with Crippen LogP contribution >= 0.6 is 23.2 Å². The zero-order valence-corrected chi connectivity index (χ0v) is 16.8. The molecule has 0 bridgehead atoms. The summed E-state index contributed by atoms with van der Waals surface area (Å²) < 4.78 is 6.14. The third-order valence-electron chi connectivity index (χ3n) is 3.76. The summed E-state index contributed by atoms with van der Waals surface area (Å²) in [5.74, 6) is 0.382. The van der Waals surface area contributed by atoms with Gasteiger partial charge in [-0.05, 0) is 41.8 Å². The second-order valence-corrected chi connectivity index (χ2v) is 6.61. The van der Waals surface area contributed by atoms with Crippen LogP contribution in [0.1, 0.15) is 22.3 Å². The van der Waals surface area contributed by atoms with E-state index in [9.17, 15) is 4.79 Å². The Labute approximate surface area is 168 Å². The van der Waals surface area contributed by atoms with Crippen molar-refractivity contribution in [2.75, 3.05) is 14.2 Å². The molecule has 0 aliphatic heterocycles. The number of aryl methyl sites for hydroxylation is 1. The first-order chi connectivity index (χ1) is 13.0. The van der Waals surface area contributed by atoms with E-state index in [2.05, 4.69) is 10.5 Å². The molecule has 0 atom stereocenters. The van der Waals surface area contributed by atoms with E-state index in [0.717, 1.165) is 22.4 Å². The van der Waals surface area contributed by atoms with Gasteiger partial charge in [-0.25, -0.2) is 0 Å². The highest BCUT2D eigenvalue weighted by Gasteiger charge is 2.17. The molecular formula is C20H20Cl2N2O3. The topological polar surface area (TPSA) is 59.9 Å². The number of nitrogens with one attached hydrogen (secondary N) is 1. The number of hydrogen-bond acceptors (Lipinski definition) is 4. The Hall–Kier alpha value is -2.50. The van der Waals surface area contributed by atoms with Crippen molar-refractivity contribution in [2.45, 2.75) is 13.5 Å². The van der Waals surface area contributed by atoms with Gasteiger partial charge in [0.05, 0.1) is 0 Å². The van der Waals surface area contributed by atoms with Gasteiger partial charge >= 0.3 is 0 Å². The van der Waals surface area contributed by atoms with Crippen LogP contribution in [0.25, 0.3) is 6.08 Å². The van der Waals surface area contributed by atoms with Crippen LogP contribution < -0.4 is 10.1 Å². The Morgan fingerprint density at radius 1 is 1.22 bits per heavy atom. The molecule has 0 heterocycles. The molecule has 5 nitrogen and oxygen atoms in total. The van der Waals surface area contributed by atoms with Crippen molar-refractivity contribution < 1.29 is 14.4 Å². The van der Waals surface area contributed by atoms with Gasteiger partial charge in [0.1, 0.15) is 24.0 Å². The molecule has 2 aromatic carbocycles. The quantitative estimate of drug-likeness (QED) is 0.545. The molecule has 0 aromatic heterocycles.